The third kappa shape index (κ3) is 3.29. The van der Waals surface area contributed by atoms with Crippen LogP contribution in [0.4, 0.5) is 0 Å². The molecule has 2 aromatic rings. The van der Waals surface area contributed by atoms with E-state index < -0.39 is 5.97 Å². The summed E-state index contributed by atoms with van der Waals surface area (Å²) in [4.78, 5) is 34.2. The summed E-state index contributed by atoms with van der Waals surface area (Å²) in [5, 5.41) is 4.81. The standard InChI is InChI=1S/C16H22N4O3S/c1-9(2)20-6-4-10(5-7-20)17-15(21)14-18-11-8-24-13(12(11)19-14)16(22)23-3/h8-10H,4-7H2,1-3H3,(H,17,21)(H,18,19). The van der Waals surface area contributed by atoms with Gasteiger partial charge in [0, 0.05) is 30.6 Å². The predicted molar refractivity (Wildman–Crippen MR) is 92.5 cm³/mol. The lowest BCUT2D eigenvalue weighted by Gasteiger charge is -2.34. The Kier molecular flexibility index (Phi) is 4.86. The molecule has 2 aromatic heterocycles. The normalized spacial score (nSPS) is 16.7. The van der Waals surface area contributed by atoms with Crippen LogP contribution in [0.25, 0.3) is 11.0 Å². The van der Waals surface area contributed by atoms with Crippen molar-refractivity contribution in [2.75, 3.05) is 20.2 Å². The van der Waals surface area contributed by atoms with E-state index in [-0.39, 0.29) is 17.8 Å². The fourth-order valence-corrected chi connectivity index (χ4v) is 3.83. The highest BCUT2D eigenvalue weighted by atomic mass is 32.1. The van der Waals surface area contributed by atoms with Gasteiger partial charge in [-0.2, -0.15) is 0 Å². The Hall–Kier alpha value is -1.93. The number of carbonyl (C=O) groups is 2. The van der Waals surface area contributed by atoms with Gasteiger partial charge in [-0.3, -0.25) is 4.79 Å². The molecule has 7 nitrogen and oxygen atoms in total. The Morgan fingerprint density at radius 2 is 2.12 bits per heavy atom. The Balaban J connectivity index is 1.66. The number of piperidine rings is 1. The number of aromatic nitrogens is 2. The first-order valence-electron chi connectivity index (χ1n) is 8.10. The molecule has 0 saturated carbocycles. The maximum absolute atomic E-state index is 12.4. The van der Waals surface area contributed by atoms with E-state index in [4.69, 9.17) is 4.74 Å². The van der Waals surface area contributed by atoms with Crippen LogP contribution in [0.2, 0.25) is 0 Å². The Bertz CT molecular complexity index is 744. The Morgan fingerprint density at radius 1 is 1.42 bits per heavy atom. The van der Waals surface area contributed by atoms with Gasteiger partial charge in [-0.15, -0.1) is 11.3 Å². The predicted octanol–water partition coefficient (Wildman–Crippen LogP) is 2.01. The Labute approximate surface area is 144 Å². The first kappa shape index (κ1) is 16.9. The van der Waals surface area contributed by atoms with Gasteiger partial charge in [-0.25, -0.2) is 9.78 Å². The van der Waals surface area contributed by atoms with E-state index in [1.807, 2.05) is 0 Å². The van der Waals surface area contributed by atoms with Crippen LogP contribution < -0.4 is 5.32 Å². The van der Waals surface area contributed by atoms with Gasteiger partial charge in [0.05, 0.1) is 12.6 Å². The monoisotopic (exact) mass is 350 g/mol. The van der Waals surface area contributed by atoms with Gasteiger partial charge in [-0.1, -0.05) is 0 Å². The maximum Gasteiger partial charge on any atom is 0.350 e. The second kappa shape index (κ2) is 6.90. The fourth-order valence-electron chi connectivity index (χ4n) is 2.98. The summed E-state index contributed by atoms with van der Waals surface area (Å²) >= 11 is 1.26. The Morgan fingerprint density at radius 3 is 2.75 bits per heavy atom. The maximum atomic E-state index is 12.4. The molecule has 3 rings (SSSR count). The summed E-state index contributed by atoms with van der Waals surface area (Å²) in [6.45, 7) is 6.35. The molecule has 3 heterocycles. The van der Waals surface area contributed by atoms with Crippen molar-refractivity contribution < 1.29 is 14.3 Å². The number of esters is 1. The third-order valence-electron chi connectivity index (χ3n) is 4.42. The number of hydrogen-bond acceptors (Lipinski definition) is 6. The van der Waals surface area contributed by atoms with Crippen LogP contribution in [0, 0.1) is 0 Å². The minimum Gasteiger partial charge on any atom is -0.465 e. The molecule has 0 aliphatic carbocycles. The molecule has 1 amide bonds. The summed E-state index contributed by atoms with van der Waals surface area (Å²) in [7, 11) is 1.33. The average molecular weight is 350 g/mol. The molecule has 1 fully saturated rings. The number of nitrogens with zero attached hydrogens (tertiary/aromatic N) is 2. The number of imidazole rings is 1. The van der Waals surface area contributed by atoms with E-state index in [1.165, 1.54) is 18.4 Å². The zero-order valence-electron chi connectivity index (χ0n) is 14.1. The van der Waals surface area contributed by atoms with Crippen molar-refractivity contribution in [3.05, 3.63) is 16.1 Å². The van der Waals surface area contributed by atoms with Gasteiger partial charge in [0.1, 0.15) is 10.4 Å². The van der Waals surface area contributed by atoms with Gasteiger partial charge in [0.25, 0.3) is 5.91 Å². The van der Waals surface area contributed by atoms with Crippen molar-refractivity contribution >= 4 is 34.2 Å². The SMILES string of the molecule is COC(=O)c1scc2[nH]c(C(=O)NC3CCN(C(C)C)CC3)nc12. The first-order chi connectivity index (χ1) is 11.5. The smallest absolute Gasteiger partial charge is 0.350 e. The highest BCUT2D eigenvalue weighted by Crippen LogP contribution is 2.24. The van der Waals surface area contributed by atoms with E-state index in [1.54, 1.807) is 5.38 Å². The number of H-pyrrole nitrogens is 1. The number of amides is 1. The number of methoxy groups -OCH3 is 1. The van der Waals surface area contributed by atoms with E-state index in [0.29, 0.717) is 22.0 Å². The topological polar surface area (TPSA) is 87.3 Å². The second-order valence-corrected chi connectivity index (χ2v) is 7.16. The molecular formula is C16H22N4O3S. The van der Waals surface area contributed by atoms with Gasteiger partial charge in [0.15, 0.2) is 5.82 Å². The number of nitrogens with one attached hydrogen (secondary N) is 2. The number of rotatable bonds is 4. The zero-order chi connectivity index (χ0) is 17.3. The van der Waals surface area contributed by atoms with Crippen LogP contribution in [0.5, 0.6) is 0 Å². The molecule has 0 spiro atoms. The minimum atomic E-state index is -0.436. The molecule has 24 heavy (non-hydrogen) atoms. The van der Waals surface area contributed by atoms with Crippen molar-refractivity contribution in [1.82, 2.24) is 20.2 Å². The average Bonchev–Trinajstić information content (AvgIpc) is 3.15. The van der Waals surface area contributed by atoms with Crippen LogP contribution in [0.15, 0.2) is 5.38 Å². The summed E-state index contributed by atoms with van der Waals surface area (Å²) in [5.41, 5.74) is 1.17. The van der Waals surface area contributed by atoms with Gasteiger partial charge < -0.3 is 19.9 Å². The van der Waals surface area contributed by atoms with E-state index in [0.717, 1.165) is 25.9 Å². The van der Waals surface area contributed by atoms with Crippen molar-refractivity contribution in [2.24, 2.45) is 0 Å². The quantitative estimate of drug-likeness (QED) is 0.824. The molecular weight excluding hydrogens is 328 g/mol. The fraction of sp³-hybridized carbons (Fsp3) is 0.562. The van der Waals surface area contributed by atoms with Crippen LogP contribution in [0.3, 0.4) is 0 Å². The molecule has 0 unspecified atom stereocenters. The number of carbonyl (C=O) groups excluding carboxylic acids is 2. The second-order valence-electron chi connectivity index (χ2n) is 6.28. The van der Waals surface area contributed by atoms with Crippen LogP contribution in [0.1, 0.15) is 47.0 Å². The lowest BCUT2D eigenvalue weighted by molar-refractivity contribution is 0.0607. The van der Waals surface area contributed by atoms with E-state index in [9.17, 15) is 9.59 Å². The number of fused-ring (bicyclic) bond motifs is 1. The highest BCUT2D eigenvalue weighted by Gasteiger charge is 2.24. The van der Waals surface area contributed by atoms with Crippen molar-refractivity contribution in [1.29, 1.82) is 0 Å². The van der Waals surface area contributed by atoms with E-state index in [2.05, 4.69) is 34.0 Å². The van der Waals surface area contributed by atoms with Gasteiger partial charge in [-0.05, 0) is 26.7 Å². The molecule has 0 bridgehead atoms. The lowest BCUT2D eigenvalue weighted by atomic mass is 10.0. The van der Waals surface area contributed by atoms with Crippen LogP contribution in [-0.2, 0) is 4.74 Å². The number of thiophene rings is 1. The molecule has 130 valence electrons. The summed E-state index contributed by atoms with van der Waals surface area (Å²) in [6, 6.07) is 0.699. The summed E-state index contributed by atoms with van der Waals surface area (Å²) < 4.78 is 4.74. The molecule has 2 N–H and O–H groups in total. The van der Waals surface area contributed by atoms with Gasteiger partial charge in [0.2, 0.25) is 0 Å². The van der Waals surface area contributed by atoms with Crippen molar-refractivity contribution in [3.8, 4) is 0 Å². The van der Waals surface area contributed by atoms with Crippen molar-refractivity contribution in [3.63, 3.8) is 0 Å². The highest BCUT2D eigenvalue weighted by molar-refractivity contribution is 7.13. The van der Waals surface area contributed by atoms with Gasteiger partial charge >= 0.3 is 5.97 Å². The van der Waals surface area contributed by atoms with E-state index >= 15 is 0 Å². The molecule has 1 aliphatic rings. The van der Waals surface area contributed by atoms with Crippen LogP contribution in [-0.4, -0.2) is 59.0 Å². The first-order valence-corrected chi connectivity index (χ1v) is 8.98. The summed E-state index contributed by atoms with van der Waals surface area (Å²) in [5.74, 6) is -0.422. The largest absolute Gasteiger partial charge is 0.465 e. The summed E-state index contributed by atoms with van der Waals surface area (Å²) in [6.07, 6.45) is 1.87. The third-order valence-corrected chi connectivity index (χ3v) is 5.37. The number of ether oxygens (including phenoxy) is 1. The zero-order valence-corrected chi connectivity index (χ0v) is 14.9. The molecule has 8 heteroatoms. The number of likely N-dealkylation sites (tertiary alicyclic amines) is 1. The molecule has 0 aromatic carbocycles. The number of aromatic amines is 1. The number of hydrogen-bond donors (Lipinski definition) is 2. The molecule has 0 atom stereocenters. The molecule has 1 aliphatic heterocycles. The molecule has 0 radical (unpaired) electrons. The lowest BCUT2D eigenvalue weighted by Crippen LogP contribution is -2.46. The van der Waals surface area contributed by atoms with Crippen molar-refractivity contribution in [2.45, 2.75) is 38.8 Å². The minimum absolute atomic E-state index is 0.162. The molecule has 1 saturated heterocycles. The van der Waals surface area contributed by atoms with Crippen LogP contribution >= 0.6 is 11.3 Å².